The van der Waals surface area contributed by atoms with Gasteiger partial charge in [-0.05, 0) is 48.6 Å². The van der Waals surface area contributed by atoms with E-state index in [4.69, 9.17) is 0 Å². The highest BCUT2D eigenvalue weighted by atomic mass is 16.1. The number of benzene rings is 1. The molecule has 0 heterocycles. The van der Waals surface area contributed by atoms with E-state index in [1.54, 1.807) is 0 Å². The van der Waals surface area contributed by atoms with Gasteiger partial charge in [-0.15, -0.1) is 0 Å². The average Bonchev–Trinajstić information content (AvgIpc) is 3.04. The molecule has 4 rings (SSSR count). The van der Waals surface area contributed by atoms with Crippen LogP contribution in [0.25, 0.3) is 0 Å². The molecule has 98 valence electrons. The molecule has 1 aromatic carbocycles. The molecule has 3 unspecified atom stereocenters. The van der Waals surface area contributed by atoms with Crippen molar-refractivity contribution in [1.29, 1.82) is 0 Å². The van der Waals surface area contributed by atoms with Crippen LogP contribution in [-0.2, 0) is 11.8 Å². The molecule has 3 atom stereocenters. The number of carbonyl (C=O) groups is 1. The fourth-order valence-electron chi connectivity index (χ4n) is 4.79. The van der Waals surface area contributed by atoms with Crippen molar-refractivity contribution >= 4 is 5.78 Å². The maximum Gasteiger partial charge on any atom is 0.163 e. The third-order valence-electron chi connectivity index (χ3n) is 5.65. The summed E-state index contributed by atoms with van der Waals surface area (Å²) in [5.41, 5.74) is 4.00. The van der Waals surface area contributed by atoms with Crippen LogP contribution in [0.15, 0.2) is 30.4 Å². The highest BCUT2D eigenvalue weighted by Gasteiger charge is 2.52. The largest absolute Gasteiger partial charge is 0.294 e. The van der Waals surface area contributed by atoms with Crippen molar-refractivity contribution in [3.8, 4) is 0 Å². The molecule has 3 aliphatic rings. The van der Waals surface area contributed by atoms with Crippen molar-refractivity contribution in [3.05, 3.63) is 47.0 Å². The zero-order valence-electron chi connectivity index (χ0n) is 11.5. The lowest BCUT2D eigenvalue weighted by atomic mass is 9.62. The minimum Gasteiger partial charge on any atom is -0.294 e. The predicted octanol–water partition coefficient (Wildman–Crippen LogP) is 4.06. The summed E-state index contributed by atoms with van der Waals surface area (Å²) in [7, 11) is 0. The van der Waals surface area contributed by atoms with Crippen LogP contribution in [0.1, 0.15) is 54.1 Å². The van der Waals surface area contributed by atoms with Gasteiger partial charge in [-0.1, -0.05) is 37.3 Å². The van der Waals surface area contributed by atoms with E-state index in [9.17, 15) is 4.79 Å². The molecule has 0 amide bonds. The smallest absolute Gasteiger partial charge is 0.163 e. The van der Waals surface area contributed by atoms with Gasteiger partial charge in [-0.2, -0.15) is 0 Å². The Hall–Kier alpha value is -1.37. The fourth-order valence-corrected chi connectivity index (χ4v) is 4.79. The molecule has 0 aliphatic heterocycles. The first kappa shape index (κ1) is 11.5. The highest BCUT2D eigenvalue weighted by Crippen LogP contribution is 2.58. The summed E-state index contributed by atoms with van der Waals surface area (Å²) in [6, 6.07) is 6.53. The number of rotatable bonds is 1. The lowest BCUT2D eigenvalue weighted by Gasteiger charge is -2.41. The Labute approximate surface area is 114 Å². The lowest BCUT2D eigenvalue weighted by Crippen LogP contribution is -2.37. The summed E-state index contributed by atoms with van der Waals surface area (Å²) in [5, 5.41) is 0. The highest BCUT2D eigenvalue weighted by molar-refractivity contribution is 6.00. The van der Waals surface area contributed by atoms with Gasteiger partial charge >= 0.3 is 0 Å². The number of aryl methyl sites for hydroxylation is 1. The molecule has 0 radical (unpaired) electrons. The van der Waals surface area contributed by atoms with Gasteiger partial charge in [0.25, 0.3) is 0 Å². The summed E-state index contributed by atoms with van der Waals surface area (Å²) in [6.45, 7) is 2.16. The second kappa shape index (κ2) is 3.82. The molecule has 0 saturated heterocycles. The summed E-state index contributed by atoms with van der Waals surface area (Å²) in [6.07, 6.45) is 10.2. The van der Waals surface area contributed by atoms with Gasteiger partial charge in [-0.3, -0.25) is 4.79 Å². The van der Waals surface area contributed by atoms with Crippen LogP contribution < -0.4 is 0 Å². The topological polar surface area (TPSA) is 17.1 Å². The van der Waals surface area contributed by atoms with Crippen LogP contribution in [0, 0.1) is 11.8 Å². The quantitative estimate of drug-likeness (QED) is 0.689. The minimum atomic E-state index is 0.286. The van der Waals surface area contributed by atoms with Crippen LogP contribution >= 0.6 is 0 Å². The van der Waals surface area contributed by atoms with Gasteiger partial charge in [0.2, 0.25) is 0 Å². The van der Waals surface area contributed by atoms with Crippen molar-refractivity contribution in [1.82, 2.24) is 0 Å². The van der Waals surface area contributed by atoms with Gasteiger partial charge in [0.1, 0.15) is 0 Å². The molecular weight excluding hydrogens is 232 g/mol. The van der Waals surface area contributed by atoms with E-state index in [0.29, 0.717) is 11.7 Å². The minimum absolute atomic E-state index is 0.286. The SMILES string of the molecule is CCc1cccc2c1C(=O)CCC21CC2C=CC1C2. The predicted molar refractivity (Wildman–Crippen MR) is 76.4 cm³/mol. The Morgan fingerprint density at radius 3 is 2.89 bits per heavy atom. The van der Waals surface area contributed by atoms with E-state index >= 15 is 0 Å². The van der Waals surface area contributed by atoms with Crippen LogP contribution in [0.3, 0.4) is 0 Å². The van der Waals surface area contributed by atoms with Gasteiger partial charge in [0.05, 0.1) is 0 Å². The first-order valence-corrected chi connectivity index (χ1v) is 7.58. The second-order valence-corrected chi connectivity index (χ2v) is 6.46. The number of Topliss-reactive ketones (excluding diaryl/α,β-unsaturated/α-hetero) is 1. The molecule has 1 aromatic rings. The standard InChI is InChI=1S/C18H20O/c1-2-13-4-3-5-15-17(13)16(19)8-9-18(15)11-12-6-7-14(18)10-12/h3-7,12,14H,2,8-11H2,1H3. The molecule has 1 nitrogen and oxygen atoms in total. The Bertz CT molecular complexity index is 583. The molecule has 2 bridgehead atoms. The van der Waals surface area contributed by atoms with Crippen LogP contribution in [-0.4, -0.2) is 5.78 Å². The maximum absolute atomic E-state index is 12.4. The van der Waals surface area contributed by atoms with Crippen LogP contribution in [0.2, 0.25) is 0 Å². The molecule has 0 aromatic heterocycles. The average molecular weight is 252 g/mol. The van der Waals surface area contributed by atoms with Crippen molar-refractivity contribution in [2.75, 3.05) is 0 Å². The molecule has 1 heteroatoms. The third-order valence-corrected chi connectivity index (χ3v) is 5.65. The molecule has 1 spiro atoms. The van der Waals surface area contributed by atoms with Gasteiger partial charge < -0.3 is 0 Å². The van der Waals surface area contributed by atoms with E-state index in [-0.39, 0.29) is 5.41 Å². The molecule has 1 fully saturated rings. The maximum atomic E-state index is 12.4. The van der Waals surface area contributed by atoms with Crippen molar-refractivity contribution < 1.29 is 4.79 Å². The molecular formula is C18H20O. The number of ketones is 1. The van der Waals surface area contributed by atoms with Crippen molar-refractivity contribution in [2.24, 2.45) is 11.8 Å². The molecule has 0 N–H and O–H groups in total. The van der Waals surface area contributed by atoms with E-state index < -0.39 is 0 Å². The lowest BCUT2D eigenvalue weighted by molar-refractivity contribution is 0.0942. The van der Waals surface area contributed by atoms with Crippen LogP contribution in [0.4, 0.5) is 0 Å². The second-order valence-electron chi connectivity index (χ2n) is 6.46. The Kier molecular flexibility index (Phi) is 2.30. The first-order valence-electron chi connectivity index (χ1n) is 7.58. The van der Waals surface area contributed by atoms with Crippen LogP contribution in [0.5, 0.6) is 0 Å². The van der Waals surface area contributed by atoms with E-state index in [1.165, 1.54) is 24.0 Å². The van der Waals surface area contributed by atoms with Gasteiger partial charge in [-0.25, -0.2) is 0 Å². The number of hydrogen-bond donors (Lipinski definition) is 0. The Balaban J connectivity index is 1.93. The Morgan fingerprint density at radius 1 is 1.32 bits per heavy atom. The first-order chi connectivity index (χ1) is 9.24. The Morgan fingerprint density at radius 2 is 2.21 bits per heavy atom. The zero-order valence-corrected chi connectivity index (χ0v) is 11.5. The summed E-state index contributed by atoms with van der Waals surface area (Å²) >= 11 is 0. The molecule has 3 aliphatic carbocycles. The van der Waals surface area contributed by atoms with E-state index in [2.05, 4.69) is 37.3 Å². The van der Waals surface area contributed by atoms with Crippen molar-refractivity contribution in [2.45, 2.75) is 44.4 Å². The zero-order chi connectivity index (χ0) is 13.0. The summed E-state index contributed by atoms with van der Waals surface area (Å²) < 4.78 is 0. The van der Waals surface area contributed by atoms with Gasteiger partial charge in [0, 0.05) is 17.4 Å². The van der Waals surface area contributed by atoms with Crippen molar-refractivity contribution in [3.63, 3.8) is 0 Å². The molecule has 1 saturated carbocycles. The number of allylic oxidation sites excluding steroid dienone is 2. The summed E-state index contributed by atoms with van der Waals surface area (Å²) in [4.78, 5) is 12.4. The fraction of sp³-hybridized carbons (Fsp3) is 0.500. The van der Waals surface area contributed by atoms with E-state index in [1.807, 2.05) is 0 Å². The summed E-state index contributed by atoms with van der Waals surface area (Å²) in [5.74, 6) is 1.82. The normalized spacial score (nSPS) is 35.1. The molecule has 19 heavy (non-hydrogen) atoms. The number of fused-ring (bicyclic) bond motifs is 5. The third kappa shape index (κ3) is 1.39. The number of carbonyl (C=O) groups excluding carboxylic acids is 1. The monoisotopic (exact) mass is 252 g/mol. The number of hydrogen-bond acceptors (Lipinski definition) is 1. The van der Waals surface area contributed by atoms with Gasteiger partial charge in [0.15, 0.2) is 5.78 Å². The van der Waals surface area contributed by atoms with E-state index in [0.717, 1.165) is 30.7 Å².